The first-order valence-corrected chi connectivity index (χ1v) is 16.3. The zero-order chi connectivity index (χ0) is 32.0. The maximum Gasteiger partial charge on any atom is 0.264 e. The Morgan fingerprint density at radius 2 is 1.50 bits per heavy atom. The van der Waals surface area contributed by atoms with Crippen molar-refractivity contribution in [2.45, 2.75) is 44.7 Å². The minimum absolute atomic E-state index is 0.0506. The second kappa shape index (κ2) is 14.3. The van der Waals surface area contributed by atoms with Crippen LogP contribution in [-0.4, -0.2) is 44.8 Å². The van der Waals surface area contributed by atoms with Gasteiger partial charge in [0.1, 0.15) is 12.6 Å². The van der Waals surface area contributed by atoms with Crippen LogP contribution in [0.5, 0.6) is 0 Å². The molecule has 7 nitrogen and oxygen atoms in total. The summed E-state index contributed by atoms with van der Waals surface area (Å²) in [5.41, 5.74) is 4.19. The molecule has 4 aromatic rings. The van der Waals surface area contributed by atoms with Gasteiger partial charge in [-0.05, 0) is 73.4 Å². The van der Waals surface area contributed by atoms with E-state index in [9.17, 15) is 18.0 Å². The summed E-state index contributed by atoms with van der Waals surface area (Å²) in [5, 5.41) is 3.42. The maximum absolute atomic E-state index is 14.5. The number of anilines is 1. The summed E-state index contributed by atoms with van der Waals surface area (Å²) in [5.74, 6) is -0.968. The van der Waals surface area contributed by atoms with Crippen molar-refractivity contribution in [1.82, 2.24) is 10.2 Å². The van der Waals surface area contributed by atoms with Crippen LogP contribution in [0.1, 0.15) is 27.8 Å². The Morgan fingerprint density at radius 3 is 2.14 bits per heavy atom. The average molecular weight is 653 g/mol. The van der Waals surface area contributed by atoms with Crippen molar-refractivity contribution < 1.29 is 18.0 Å². The number of hydrogen-bond donors (Lipinski definition) is 1. The van der Waals surface area contributed by atoms with E-state index >= 15 is 0 Å². The monoisotopic (exact) mass is 651 g/mol. The fraction of sp³-hybridized carbons (Fsp3) is 0.235. The zero-order valence-electron chi connectivity index (χ0n) is 25.1. The number of carbonyl (C=O) groups is 2. The molecule has 0 heterocycles. The predicted octanol–water partition coefficient (Wildman–Crippen LogP) is 6.50. The molecule has 0 saturated carbocycles. The third kappa shape index (κ3) is 7.80. The number of rotatable bonds is 11. The lowest BCUT2D eigenvalue weighted by atomic mass is 10.0. The highest BCUT2D eigenvalue weighted by atomic mass is 35.5. The SMILES string of the molecule is CNC(=O)[C@@H](Cc1ccccc1)N(Cc1ccc(Cl)cc1Cl)C(=O)CN(c1cc(C)ccc1C)S(=O)(=O)c1ccc(C)cc1. The molecule has 2 amide bonds. The lowest BCUT2D eigenvalue weighted by molar-refractivity contribution is -0.139. The van der Waals surface area contributed by atoms with Crippen molar-refractivity contribution in [2.24, 2.45) is 0 Å². The fourth-order valence-electron chi connectivity index (χ4n) is 4.89. The second-order valence-corrected chi connectivity index (χ2v) is 13.4. The van der Waals surface area contributed by atoms with Crippen molar-refractivity contribution in [2.75, 3.05) is 17.9 Å². The summed E-state index contributed by atoms with van der Waals surface area (Å²) >= 11 is 12.7. The first kappa shape index (κ1) is 33.1. The molecule has 44 heavy (non-hydrogen) atoms. The average Bonchev–Trinajstić information content (AvgIpc) is 3.00. The molecule has 0 radical (unpaired) electrons. The van der Waals surface area contributed by atoms with Gasteiger partial charge in [0.05, 0.1) is 10.6 Å². The van der Waals surface area contributed by atoms with E-state index in [1.807, 2.05) is 56.3 Å². The Bertz CT molecular complexity index is 1750. The molecule has 10 heteroatoms. The highest BCUT2D eigenvalue weighted by Crippen LogP contribution is 2.30. The molecule has 0 aliphatic rings. The summed E-state index contributed by atoms with van der Waals surface area (Å²) < 4.78 is 29.5. The Balaban J connectivity index is 1.84. The predicted molar refractivity (Wildman–Crippen MR) is 177 cm³/mol. The van der Waals surface area contributed by atoms with E-state index in [2.05, 4.69) is 5.32 Å². The van der Waals surface area contributed by atoms with Gasteiger partial charge in [-0.3, -0.25) is 13.9 Å². The number of nitrogens with one attached hydrogen (secondary N) is 1. The first-order chi connectivity index (χ1) is 20.9. The molecule has 0 unspecified atom stereocenters. The van der Waals surface area contributed by atoms with Gasteiger partial charge in [0.2, 0.25) is 11.8 Å². The van der Waals surface area contributed by atoms with E-state index in [0.29, 0.717) is 26.9 Å². The largest absolute Gasteiger partial charge is 0.357 e. The van der Waals surface area contributed by atoms with Crippen molar-refractivity contribution in [3.8, 4) is 0 Å². The van der Waals surface area contributed by atoms with Crippen LogP contribution in [-0.2, 0) is 32.6 Å². The standard InChI is InChI=1S/C34H35Cl2N3O4S/c1-23-11-16-29(17-12-23)44(42,43)39(31-18-24(2)10-13-25(31)3)22-33(40)38(21-27-14-15-28(35)20-30(27)36)32(34(41)37-4)19-26-8-6-5-7-9-26/h5-18,20,32H,19,21-22H2,1-4H3,(H,37,41)/t32-/m1/s1. The third-order valence-corrected chi connectivity index (χ3v) is 9.76. The van der Waals surface area contributed by atoms with Gasteiger partial charge in [-0.25, -0.2) is 8.42 Å². The number of aryl methyl sites for hydroxylation is 3. The summed E-state index contributed by atoms with van der Waals surface area (Å²) in [4.78, 5) is 29.3. The molecule has 0 aromatic heterocycles. The smallest absolute Gasteiger partial charge is 0.264 e. The maximum atomic E-state index is 14.5. The Kier molecular flexibility index (Phi) is 10.7. The van der Waals surface area contributed by atoms with Crippen molar-refractivity contribution in [3.05, 3.63) is 129 Å². The van der Waals surface area contributed by atoms with Gasteiger partial charge < -0.3 is 10.2 Å². The van der Waals surface area contributed by atoms with Gasteiger partial charge in [-0.1, -0.05) is 89.4 Å². The zero-order valence-corrected chi connectivity index (χ0v) is 27.4. The van der Waals surface area contributed by atoms with Gasteiger partial charge in [0.25, 0.3) is 10.0 Å². The number of likely N-dealkylation sites (N-methyl/N-ethyl adjacent to an activating group) is 1. The number of amides is 2. The molecular formula is C34H35Cl2N3O4S. The molecule has 1 atom stereocenters. The Labute approximate surface area is 269 Å². The summed E-state index contributed by atoms with van der Waals surface area (Å²) in [7, 11) is -2.69. The van der Waals surface area contributed by atoms with Crippen molar-refractivity contribution >= 4 is 50.7 Å². The quantitative estimate of drug-likeness (QED) is 0.201. The number of sulfonamides is 1. The van der Waals surface area contributed by atoms with Gasteiger partial charge in [0, 0.05) is 30.1 Å². The van der Waals surface area contributed by atoms with Gasteiger partial charge >= 0.3 is 0 Å². The molecule has 1 N–H and O–H groups in total. The highest BCUT2D eigenvalue weighted by molar-refractivity contribution is 7.92. The van der Waals surface area contributed by atoms with Crippen LogP contribution in [0.3, 0.4) is 0 Å². The molecule has 0 aliphatic carbocycles. The molecule has 0 saturated heterocycles. The molecular weight excluding hydrogens is 617 g/mol. The lowest BCUT2D eigenvalue weighted by Gasteiger charge is -2.34. The van der Waals surface area contributed by atoms with Gasteiger partial charge in [0.15, 0.2) is 0 Å². The number of halogens is 2. The van der Waals surface area contributed by atoms with E-state index in [1.165, 1.54) is 24.1 Å². The van der Waals surface area contributed by atoms with E-state index < -0.39 is 34.4 Å². The highest BCUT2D eigenvalue weighted by Gasteiger charge is 2.35. The topological polar surface area (TPSA) is 86.8 Å². The van der Waals surface area contributed by atoms with Crippen LogP contribution >= 0.6 is 23.2 Å². The molecule has 0 fully saturated rings. The van der Waals surface area contributed by atoms with Crippen LogP contribution in [0.25, 0.3) is 0 Å². The van der Waals surface area contributed by atoms with Gasteiger partial charge in [-0.2, -0.15) is 0 Å². The van der Waals surface area contributed by atoms with E-state index in [0.717, 1.165) is 21.0 Å². The molecule has 230 valence electrons. The van der Waals surface area contributed by atoms with Crippen molar-refractivity contribution in [3.63, 3.8) is 0 Å². The Morgan fingerprint density at radius 1 is 0.841 bits per heavy atom. The van der Waals surface area contributed by atoms with E-state index in [4.69, 9.17) is 23.2 Å². The molecule has 0 spiro atoms. The number of hydrogen-bond acceptors (Lipinski definition) is 4. The minimum Gasteiger partial charge on any atom is -0.357 e. The van der Waals surface area contributed by atoms with Crippen LogP contribution in [0.4, 0.5) is 5.69 Å². The molecule has 4 aromatic carbocycles. The van der Waals surface area contributed by atoms with Crippen LogP contribution in [0.15, 0.2) is 95.9 Å². The first-order valence-electron chi connectivity index (χ1n) is 14.1. The van der Waals surface area contributed by atoms with Crippen LogP contribution in [0.2, 0.25) is 10.0 Å². The lowest BCUT2D eigenvalue weighted by Crippen LogP contribution is -2.53. The number of carbonyl (C=O) groups excluding carboxylic acids is 2. The molecule has 4 rings (SSSR count). The van der Waals surface area contributed by atoms with Crippen LogP contribution in [0, 0.1) is 20.8 Å². The van der Waals surface area contributed by atoms with Crippen LogP contribution < -0.4 is 9.62 Å². The normalized spacial score (nSPS) is 12.0. The summed E-state index contributed by atoms with van der Waals surface area (Å²) in [6, 6.07) is 25.2. The molecule has 0 aliphatic heterocycles. The Hall–Kier alpha value is -3.85. The van der Waals surface area contributed by atoms with E-state index in [-0.39, 0.29) is 17.9 Å². The fourth-order valence-corrected chi connectivity index (χ4v) is 6.83. The molecule has 0 bridgehead atoms. The second-order valence-electron chi connectivity index (χ2n) is 10.7. The number of nitrogens with zero attached hydrogens (tertiary/aromatic N) is 2. The third-order valence-electron chi connectivity index (χ3n) is 7.39. The van der Waals surface area contributed by atoms with Gasteiger partial charge in [-0.15, -0.1) is 0 Å². The van der Waals surface area contributed by atoms with E-state index in [1.54, 1.807) is 43.3 Å². The van der Waals surface area contributed by atoms with Crippen molar-refractivity contribution in [1.29, 1.82) is 0 Å². The minimum atomic E-state index is -4.19. The number of benzene rings is 4. The summed E-state index contributed by atoms with van der Waals surface area (Å²) in [6.45, 7) is 4.93. The summed E-state index contributed by atoms with van der Waals surface area (Å²) in [6.07, 6.45) is 0.200.